The molecule has 1 aromatic rings. The first kappa shape index (κ1) is 14.0. The molecule has 0 unspecified atom stereocenters. The molecule has 0 bridgehead atoms. The summed E-state index contributed by atoms with van der Waals surface area (Å²) in [6.07, 6.45) is 1.60. The van der Waals surface area contributed by atoms with Crippen molar-refractivity contribution in [1.82, 2.24) is 5.32 Å². The number of benzene rings is 1. The van der Waals surface area contributed by atoms with Gasteiger partial charge in [0.2, 0.25) is 0 Å². The van der Waals surface area contributed by atoms with Crippen LogP contribution in [-0.4, -0.2) is 32.3 Å². The first-order chi connectivity index (χ1) is 9.27. The van der Waals surface area contributed by atoms with Crippen molar-refractivity contribution in [1.29, 1.82) is 0 Å². The van der Waals surface area contributed by atoms with Gasteiger partial charge in [-0.15, -0.1) is 0 Å². The van der Waals surface area contributed by atoms with Crippen LogP contribution in [0.4, 0.5) is 0 Å². The molecule has 104 valence electrons. The second kappa shape index (κ2) is 6.68. The highest BCUT2D eigenvalue weighted by Gasteiger charge is 2.37. The predicted octanol–water partition coefficient (Wildman–Crippen LogP) is 1.84. The maximum absolute atomic E-state index is 11.9. The minimum atomic E-state index is -0.499. The Bertz CT molecular complexity index is 399. The first-order valence-electron chi connectivity index (χ1n) is 6.83. The van der Waals surface area contributed by atoms with Crippen molar-refractivity contribution in [2.75, 3.05) is 26.3 Å². The molecule has 0 aromatic heterocycles. The Morgan fingerprint density at radius 1 is 1.26 bits per heavy atom. The van der Waals surface area contributed by atoms with Gasteiger partial charge in [0.25, 0.3) is 0 Å². The summed E-state index contributed by atoms with van der Waals surface area (Å²) in [5.74, 6) is -0.285. The molecule has 1 fully saturated rings. The summed E-state index contributed by atoms with van der Waals surface area (Å²) < 4.78 is 10.9. The molecular weight excluding hydrogens is 242 g/mol. The van der Waals surface area contributed by atoms with E-state index in [0.717, 1.165) is 31.5 Å². The van der Waals surface area contributed by atoms with Crippen LogP contribution in [0.15, 0.2) is 30.3 Å². The van der Waals surface area contributed by atoms with Gasteiger partial charge < -0.3 is 14.8 Å². The molecule has 1 saturated heterocycles. The van der Waals surface area contributed by atoms with Crippen LogP contribution in [0.5, 0.6) is 0 Å². The van der Waals surface area contributed by atoms with Crippen LogP contribution in [0.2, 0.25) is 0 Å². The van der Waals surface area contributed by atoms with Gasteiger partial charge in [0.05, 0.1) is 0 Å². The lowest BCUT2D eigenvalue weighted by Gasteiger charge is -2.37. The average Bonchev–Trinajstić information content (AvgIpc) is 2.47. The third kappa shape index (κ3) is 3.55. The highest BCUT2D eigenvalue weighted by atomic mass is 16.6. The van der Waals surface area contributed by atoms with Gasteiger partial charge in [-0.1, -0.05) is 30.3 Å². The molecule has 4 nitrogen and oxygen atoms in total. The number of hydrogen-bond donors (Lipinski definition) is 1. The van der Waals surface area contributed by atoms with E-state index in [1.54, 1.807) is 0 Å². The van der Waals surface area contributed by atoms with E-state index in [2.05, 4.69) is 5.32 Å². The van der Waals surface area contributed by atoms with E-state index in [4.69, 9.17) is 9.47 Å². The summed E-state index contributed by atoms with van der Waals surface area (Å²) in [4.78, 5) is 11.9. The number of carbonyl (C=O) groups is 1. The normalized spacial score (nSPS) is 17.9. The highest BCUT2D eigenvalue weighted by molar-refractivity contribution is 5.71. The number of ether oxygens (including phenoxy) is 2. The van der Waals surface area contributed by atoms with Crippen LogP contribution < -0.4 is 5.32 Å². The molecule has 0 aliphatic carbocycles. The number of nitrogens with one attached hydrogen (secondary N) is 1. The molecule has 4 heteroatoms. The number of rotatable bonds is 5. The molecule has 0 radical (unpaired) electrons. The lowest BCUT2D eigenvalue weighted by atomic mass is 9.85. The van der Waals surface area contributed by atoms with Gasteiger partial charge in [-0.3, -0.25) is 0 Å². The number of carbonyl (C=O) groups excluding carboxylic acids is 1. The summed E-state index contributed by atoms with van der Waals surface area (Å²) in [6, 6.07) is 9.99. The van der Waals surface area contributed by atoms with Gasteiger partial charge in [-0.05, 0) is 25.6 Å². The summed E-state index contributed by atoms with van der Waals surface area (Å²) in [5.41, 5.74) is 0.571. The predicted molar refractivity (Wildman–Crippen MR) is 72.8 cm³/mol. The fourth-order valence-corrected chi connectivity index (χ4v) is 2.45. The van der Waals surface area contributed by atoms with E-state index in [1.165, 1.54) is 0 Å². The zero-order valence-corrected chi connectivity index (χ0v) is 11.4. The quantitative estimate of drug-likeness (QED) is 0.824. The largest absolute Gasteiger partial charge is 0.452 e. The molecule has 1 aliphatic heterocycles. The first-order valence-corrected chi connectivity index (χ1v) is 6.83. The van der Waals surface area contributed by atoms with Crippen molar-refractivity contribution in [3.05, 3.63) is 35.9 Å². The van der Waals surface area contributed by atoms with E-state index in [0.29, 0.717) is 6.61 Å². The Labute approximate surface area is 114 Å². The molecule has 2 rings (SSSR count). The maximum Gasteiger partial charge on any atom is 0.332 e. The molecule has 1 N–H and O–H groups in total. The van der Waals surface area contributed by atoms with Crippen LogP contribution in [0, 0.1) is 0 Å². The lowest BCUT2D eigenvalue weighted by molar-refractivity contribution is -0.169. The molecule has 0 saturated carbocycles. The van der Waals surface area contributed by atoms with Gasteiger partial charge >= 0.3 is 5.97 Å². The highest BCUT2D eigenvalue weighted by Crippen LogP contribution is 2.34. The summed E-state index contributed by atoms with van der Waals surface area (Å²) in [7, 11) is 0. The van der Waals surface area contributed by atoms with Crippen molar-refractivity contribution >= 4 is 5.97 Å². The molecule has 1 heterocycles. The van der Waals surface area contributed by atoms with Crippen LogP contribution in [0.25, 0.3) is 0 Å². The minimum absolute atomic E-state index is 0.0263. The van der Waals surface area contributed by atoms with Crippen molar-refractivity contribution in [3.8, 4) is 0 Å². The maximum atomic E-state index is 11.9. The molecule has 0 amide bonds. The van der Waals surface area contributed by atoms with E-state index in [9.17, 15) is 4.79 Å². The Morgan fingerprint density at radius 3 is 2.58 bits per heavy atom. The molecule has 1 aromatic carbocycles. The van der Waals surface area contributed by atoms with E-state index in [1.807, 2.05) is 37.3 Å². The van der Waals surface area contributed by atoms with Crippen LogP contribution in [0.3, 0.4) is 0 Å². The van der Waals surface area contributed by atoms with Crippen molar-refractivity contribution in [3.63, 3.8) is 0 Å². The van der Waals surface area contributed by atoms with E-state index >= 15 is 0 Å². The Balaban J connectivity index is 2.13. The number of piperidine rings is 1. The SMILES string of the molecule is CCOCC(=O)OC1(c2ccccc2)CCNCC1. The lowest BCUT2D eigenvalue weighted by Crippen LogP contribution is -2.43. The second-order valence-corrected chi connectivity index (χ2v) is 4.72. The molecular formula is C15H21NO3. The summed E-state index contributed by atoms with van der Waals surface area (Å²) in [6.45, 7) is 4.13. The van der Waals surface area contributed by atoms with Crippen LogP contribution >= 0.6 is 0 Å². The average molecular weight is 263 g/mol. The smallest absolute Gasteiger partial charge is 0.332 e. The third-order valence-corrected chi connectivity index (χ3v) is 3.44. The minimum Gasteiger partial charge on any atom is -0.452 e. The summed E-state index contributed by atoms with van der Waals surface area (Å²) in [5, 5.41) is 3.30. The van der Waals surface area contributed by atoms with Crippen LogP contribution in [-0.2, 0) is 19.9 Å². The Kier molecular flexibility index (Phi) is 4.93. The van der Waals surface area contributed by atoms with Crippen molar-refractivity contribution in [2.24, 2.45) is 0 Å². The zero-order valence-electron chi connectivity index (χ0n) is 11.4. The van der Waals surface area contributed by atoms with Gasteiger partial charge in [-0.2, -0.15) is 0 Å². The van der Waals surface area contributed by atoms with Crippen LogP contribution in [0.1, 0.15) is 25.3 Å². The fourth-order valence-electron chi connectivity index (χ4n) is 2.45. The zero-order chi connectivity index (χ0) is 13.6. The van der Waals surface area contributed by atoms with E-state index in [-0.39, 0.29) is 12.6 Å². The monoisotopic (exact) mass is 263 g/mol. The van der Waals surface area contributed by atoms with E-state index < -0.39 is 5.60 Å². The van der Waals surface area contributed by atoms with Crippen molar-refractivity contribution in [2.45, 2.75) is 25.4 Å². The van der Waals surface area contributed by atoms with Gasteiger partial charge in [0.15, 0.2) is 0 Å². The molecule has 1 aliphatic rings. The van der Waals surface area contributed by atoms with Gasteiger partial charge in [-0.25, -0.2) is 4.79 Å². The fraction of sp³-hybridized carbons (Fsp3) is 0.533. The molecule has 0 atom stereocenters. The molecule has 0 spiro atoms. The third-order valence-electron chi connectivity index (χ3n) is 3.44. The number of hydrogen-bond acceptors (Lipinski definition) is 4. The second-order valence-electron chi connectivity index (χ2n) is 4.72. The topological polar surface area (TPSA) is 47.6 Å². The van der Waals surface area contributed by atoms with Gasteiger partial charge in [0, 0.05) is 19.4 Å². The van der Waals surface area contributed by atoms with Crippen molar-refractivity contribution < 1.29 is 14.3 Å². The Morgan fingerprint density at radius 2 is 1.95 bits per heavy atom. The number of esters is 1. The van der Waals surface area contributed by atoms with Gasteiger partial charge in [0.1, 0.15) is 12.2 Å². The molecule has 19 heavy (non-hydrogen) atoms. The Hall–Kier alpha value is -1.39. The standard InChI is InChI=1S/C15H21NO3/c1-2-18-12-14(17)19-15(8-10-16-11-9-15)13-6-4-3-5-7-13/h3-7,16H,2,8-12H2,1H3. The summed E-state index contributed by atoms with van der Waals surface area (Å²) >= 11 is 0.